The Morgan fingerprint density at radius 2 is 2.06 bits per heavy atom. The van der Waals surface area contributed by atoms with Crippen LogP contribution in [0.1, 0.15) is 56.3 Å². The number of aromatic amines is 1. The molecule has 0 unspecified atom stereocenters. The molecule has 1 aromatic rings. The zero-order valence-corrected chi connectivity index (χ0v) is 9.96. The zero-order chi connectivity index (χ0) is 11.5. The molecule has 16 heavy (non-hydrogen) atoms. The van der Waals surface area contributed by atoms with Crippen molar-refractivity contribution in [3.8, 4) is 0 Å². The molecular formula is C12H21N3O. The first-order chi connectivity index (χ1) is 7.77. The van der Waals surface area contributed by atoms with Crippen LogP contribution in [-0.2, 0) is 13.0 Å². The van der Waals surface area contributed by atoms with E-state index in [4.69, 9.17) is 5.73 Å². The van der Waals surface area contributed by atoms with Crippen molar-refractivity contribution in [2.45, 2.75) is 58.0 Å². The summed E-state index contributed by atoms with van der Waals surface area (Å²) in [5.41, 5.74) is 7.52. The van der Waals surface area contributed by atoms with Crippen molar-refractivity contribution in [3.05, 3.63) is 21.6 Å². The second-order valence-corrected chi connectivity index (χ2v) is 4.59. The summed E-state index contributed by atoms with van der Waals surface area (Å²) in [6.07, 6.45) is 6.85. The van der Waals surface area contributed by atoms with E-state index in [1.54, 1.807) is 0 Å². The molecule has 1 fully saturated rings. The molecule has 4 heteroatoms. The van der Waals surface area contributed by atoms with Crippen molar-refractivity contribution >= 4 is 0 Å². The minimum atomic E-state index is 0.103. The molecule has 2 rings (SSSR count). The molecule has 0 aromatic carbocycles. The Hall–Kier alpha value is -1.03. The summed E-state index contributed by atoms with van der Waals surface area (Å²) in [6, 6.07) is 0.367. The summed E-state index contributed by atoms with van der Waals surface area (Å²) in [6.45, 7) is 2.40. The third kappa shape index (κ3) is 1.94. The number of hydrogen-bond acceptors (Lipinski definition) is 2. The molecule has 0 bridgehead atoms. The summed E-state index contributed by atoms with van der Waals surface area (Å²) in [4.78, 5) is 12.1. The summed E-state index contributed by atoms with van der Waals surface area (Å²) >= 11 is 0. The van der Waals surface area contributed by atoms with Gasteiger partial charge in [-0.3, -0.25) is 9.89 Å². The first kappa shape index (κ1) is 11.5. The largest absolute Gasteiger partial charge is 0.326 e. The standard InChI is InChI=1S/C12H21N3O/c1-2-11-10(8-13)12(16)15(14-11)9-6-4-3-5-7-9/h9,14H,2-8,13H2,1H3. The van der Waals surface area contributed by atoms with Gasteiger partial charge in [-0.15, -0.1) is 0 Å². The van der Waals surface area contributed by atoms with Crippen molar-refractivity contribution in [2.75, 3.05) is 0 Å². The van der Waals surface area contributed by atoms with Crippen LogP contribution in [0.4, 0.5) is 0 Å². The van der Waals surface area contributed by atoms with Gasteiger partial charge in [0.1, 0.15) is 0 Å². The lowest BCUT2D eigenvalue weighted by atomic mass is 9.96. The molecule has 1 heterocycles. The predicted octanol–water partition coefficient (Wildman–Crippen LogP) is 1.70. The number of nitrogens with zero attached hydrogens (tertiary/aromatic N) is 1. The number of rotatable bonds is 3. The van der Waals surface area contributed by atoms with Gasteiger partial charge >= 0.3 is 0 Å². The average molecular weight is 223 g/mol. The molecule has 0 radical (unpaired) electrons. The van der Waals surface area contributed by atoms with Crippen LogP contribution in [0.3, 0.4) is 0 Å². The Kier molecular flexibility index (Phi) is 3.49. The lowest BCUT2D eigenvalue weighted by Crippen LogP contribution is -2.26. The van der Waals surface area contributed by atoms with Crippen LogP contribution < -0.4 is 11.3 Å². The van der Waals surface area contributed by atoms with E-state index in [2.05, 4.69) is 12.0 Å². The van der Waals surface area contributed by atoms with Gasteiger partial charge in [0.05, 0.1) is 11.6 Å². The third-order valence-corrected chi connectivity index (χ3v) is 3.59. The van der Waals surface area contributed by atoms with Gasteiger partial charge in [-0.25, -0.2) is 4.68 Å². The van der Waals surface area contributed by atoms with Crippen LogP contribution in [0, 0.1) is 0 Å². The lowest BCUT2D eigenvalue weighted by molar-refractivity contribution is 0.322. The van der Waals surface area contributed by atoms with Crippen LogP contribution in [-0.4, -0.2) is 9.78 Å². The average Bonchev–Trinajstić information content (AvgIpc) is 2.66. The fourth-order valence-corrected chi connectivity index (χ4v) is 2.64. The minimum absolute atomic E-state index is 0.103. The highest BCUT2D eigenvalue weighted by Gasteiger charge is 2.20. The molecule has 3 N–H and O–H groups in total. The fourth-order valence-electron chi connectivity index (χ4n) is 2.64. The molecule has 1 saturated carbocycles. The smallest absolute Gasteiger partial charge is 0.271 e. The maximum Gasteiger partial charge on any atom is 0.271 e. The van der Waals surface area contributed by atoms with Crippen LogP contribution in [0.15, 0.2) is 4.79 Å². The second kappa shape index (κ2) is 4.87. The van der Waals surface area contributed by atoms with Gasteiger partial charge in [0.25, 0.3) is 5.56 Å². The molecule has 1 aliphatic rings. The van der Waals surface area contributed by atoms with Crippen molar-refractivity contribution in [2.24, 2.45) is 5.73 Å². The van der Waals surface area contributed by atoms with Gasteiger partial charge in [-0.05, 0) is 19.3 Å². The molecule has 0 aliphatic heterocycles. The lowest BCUT2D eigenvalue weighted by Gasteiger charge is -2.21. The molecular weight excluding hydrogens is 202 g/mol. The molecule has 0 atom stereocenters. The van der Waals surface area contributed by atoms with Crippen LogP contribution >= 0.6 is 0 Å². The van der Waals surface area contributed by atoms with E-state index in [1.165, 1.54) is 19.3 Å². The van der Waals surface area contributed by atoms with Crippen LogP contribution in [0.2, 0.25) is 0 Å². The van der Waals surface area contributed by atoms with Crippen LogP contribution in [0.5, 0.6) is 0 Å². The number of H-pyrrole nitrogens is 1. The molecule has 0 saturated heterocycles. The van der Waals surface area contributed by atoms with E-state index >= 15 is 0 Å². The molecule has 1 aromatic heterocycles. The van der Waals surface area contributed by atoms with E-state index in [-0.39, 0.29) is 5.56 Å². The summed E-state index contributed by atoms with van der Waals surface area (Å²) in [5.74, 6) is 0. The van der Waals surface area contributed by atoms with E-state index in [0.29, 0.717) is 12.6 Å². The van der Waals surface area contributed by atoms with Crippen LogP contribution in [0.25, 0.3) is 0 Å². The molecule has 1 aliphatic carbocycles. The molecule has 0 spiro atoms. The van der Waals surface area contributed by atoms with Crippen molar-refractivity contribution in [3.63, 3.8) is 0 Å². The van der Waals surface area contributed by atoms with E-state index in [9.17, 15) is 4.79 Å². The fraction of sp³-hybridized carbons (Fsp3) is 0.750. The Labute approximate surface area is 95.8 Å². The van der Waals surface area contributed by atoms with Gasteiger partial charge in [0, 0.05) is 12.2 Å². The Balaban J connectivity index is 2.33. The normalized spacial score (nSPS) is 17.9. The summed E-state index contributed by atoms with van der Waals surface area (Å²) in [7, 11) is 0. The summed E-state index contributed by atoms with van der Waals surface area (Å²) < 4.78 is 1.82. The van der Waals surface area contributed by atoms with Gasteiger partial charge in [0.2, 0.25) is 0 Å². The first-order valence-electron chi connectivity index (χ1n) is 6.30. The number of nitrogens with two attached hydrogens (primary N) is 1. The number of hydrogen-bond donors (Lipinski definition) is 2. The van der Waals surface area contributed by atoms with Crippen molar-refractivity contribution in [1.82, 2.24) is 9.78 Å². The first-order valence-corrected chi connectivity index (χ1v) is 6.30. The highest BCUT2D eigenvalue weighted by molar-refractivity contribution is 5.17. The Morgan fingerprint density at radius 1 is 1.38 bits per heavy atom. The highest BCUT2D eigenvalue weighted by atomic mass is 16.1. The molecule has 90 valence electrons. The monoisotopic (exact) mass is 223 g/mol. The second-order valence-electron chi connectivity index (χ2n) is 4.59. The maximum absolute atomic E-state index is 12.1. The van der Waals surface area contributed by atoms with Gasteiger partial charge in [-0.2, -0.15) is 0 Å². The summed E-state index contributed by atoms with van der Waals surface area (Å²) in [5, 5.41) is 3.24. The third-order valence-electron chi connectivity index (χ3n) is 3.59. The van der Waals surface area contributed by atoms with E-state index in [0.717, 1.165) is 30.5 Å². The highest BCUT2D eigenvalue weighted by Crippen LogP contribution is 2.26. The minimum Gasteiger partial charge on any atom is -0.326 e. The van der Waals surface area contributed by atoms with Gasteiger partial charge < -0.3 is 5.73 Å². The topological polar surface area (TPSA) is 63.8 Å². The number of nitrogens with one attached hydrogen (secondary N) is 1. The van der Waals surface area contributed by atoms with Crippen molar-refractivity contribution in [1.29, 1.82) is 0 Å². The van der Waals surface area contributed by atoms with E-state index in [1.807, 2.05) is 4.68 Å². The zero-order valence-electron chi connectivity index (χ0n) is 9.96. The maximum atomic E-state index is 12.1. The Bertz CT molecular complexity index is 399. The van der Waals surface area contributed by atoms with E-state index < -0.39 is 0 Å². The van der Waals surface area contributed by atoms with Gasteiger partial charge in [0.15, 0.2) is 0 Å². The predicted molar refractivity (Wildman–Crippen MR) is 64.4 cm³/mol. The van der Waals surface area contributed by atoms with Crippen molar-refractivity contribution < 1.29 is 0 Å². The van der Waals surface area contributed by atoms with Gasteiger partial charge in [-0.1, -0.05) is 26.2 Å². The number of aryl methyl sites for hydroxylation is 1. The molecule has 0 amide bonds. The quantitative estimate of drug-likeness (QED) is 0.819. The SMILES string of the molecule is CCc1[nH]n(C2CCCCC2)c(=O)c1CN. The Morgan fingerprint density at radius 3 is 2.56 bits per heavy atom. The molecule has 4 nitrogen and oxygen atoms in total. The number of aromatic nitrogens is 2.